The van der Waals surface area contributed by atoms with Crippen molar-refractivity contribution in [1.82, 2.24) is 14.7 Å². The lowest BCUT2D eigenvalue weighted by Gasteiger charge is -2.42. The Balaban J connectivity index is 1.27. The zero-order chi connectivity index (χ0) is 24.2. The van der Waals surface area contributed by atoms with Gasteiger partial charge < -0.3 is 9.84 Å². The molecule has 0 bridgehead atoms. The molecule has 1 N–H and O–H groups in total. The van der Waals surface area contributed by atoms with Crippen molar-refractivity contribution < 1.29 is 19.4 Å². The number of fused-ring (bicyclic) bond motifs is 1. The van der Waals surface area contributed by atoms with Crippen molar-refractivity contribution in [3.63, 3.8) is 0 Å². The van der Waals surface area contributed by atoms with E-state index in [1.165, 1.54) is 10.7 Å². The maximum Gasteiger partial charge on any atom is 0.338 e. The number of nitrogens with zero attached hydrogens (tertiary/aromatic N) is 4. The average molecular weight is 467 g/mol. The van der Waals surface area contributed by atoms with Gasteiger partial charge >= 0.3 is 5.97 Å². The highest BCUT2D eigenvalue weighted by Crippen LogP contribution is 2.43. The first-order valence-electron chi connectivity index (χ1n) is 11.8. The van der Waals surface area contributed by atoms with Gasteiger partial charge in [0.15, 0.2) is 5.82 Å². The molecule has 4 heterocycles. The van der Waals surface area contributed by atoms with E-state index in [9.17, 15) is 19.5 Å². The number of esters is 1. The number of aromatic nitrogens is 2. The molecule has 3 aliphatic rings. The van der Waals surface area contributed by atoms with E-state index in [1.807, 2.05) is 19.9 Å². The number of aliphatic hydroxyl groups excluding tert-OH is 1. The Kier molecular flexibility index (Phi) is 5.56. The Morgan fingerprint density at radius 3 is 2.47 bits per heavy atom. The number of benzene rings is 1. The molecule has 3 aliphatic heterocycles. The third kappa shape index (κ3) is 3.54. The summed E-state index contributed by atoms with van der Waals surface area (Å²) in [6.07, 6.45) is 1.49. The van der Waals surface area contributed by atoms with E-state index in [0.717, 1.165) is 36.0 Å². The van der Waals surface area contributed by atoms with Crippen molar-refractivity contribution in [2.75, 3.05) is 24.5 Å². The van der Waals surface area contributed by atoms with Crippen LogP contribution in [-0.4, -0.2) is 57.3 Å². The summed E-state index contributed by atoms with van der Waals surface area (Å²) >= 11 is 0. The molecule has 1 amide bonds. The second-order valence-electron chi connectivity index (χ2n) is 9.74. The SMILES string of the molecule is Cc1c([C@H](O)C(C)N2CCC3(CCN(c4ccc(=O)n(C)n4)C3=O)CC2)ccc2c1COC2=O. The van der Waals surface area contributed by atoms with Gasteiger partial charge in [-0.1, -0.05) is 6.07 Å². The normalized spacial score (nSPS) is 21.6. The fourth-order valence-corrected chi connectivity index (χ4v) is 5.64. The number of aryl methyl sites for hydroxylation is 1. The summed E-state index contributed by atoms with van der Waals surface area (Å²) in [5.74, 6) is 0.284. The van der Waals surface area contributed by atoms with E-state index in [4.69, 9.17) is 4.74 Å². The number of piperidine rings is 1. The fraction of sp³-hybridized carbons (Fsp3) is 0.520. The van der Waals surface area contributed by atoms with Crippen LogP contribution in [0.2, 0.25) is 0 Å². The Morgan fingerprint density at radius 2 is 1.76 bits per heavy atom. The van der Waals surface area contributed by atoms with Crippen LogP contribution in [0.3, 0.4) is 0 Å². The van der Waals surface area contributed by atoms with Gasteiger partial charge in [-0.25, -0.2) is 9.48 Å². The van der Waals surface area contributed by atoms with E-state index in [1.54, 1.807) is 24.1 Å². The van der Waals surface area contributed by atoms with E-state index in [2.05, 4.69) is 10.00 Å². The van der Waals surface area contributed by atoms with Crippen LogP contribution in [0.5, 0.6) is 0 Å². The summed E-state index contributed by atoms with van der Waals surface area (Å²) in [6.45, 7) is 6.21. The lowest BCUT2D eigenvalue weighted by atomic mass is 9.76. The number of carbonyl (C=O) groups is 2. The van der Waals surface area contributed by atoms with Gasteiger partial charge in [-0.05, 0) is 69.5 Å². The van der Waals surface area contributed by atoms with Crippen LogP contribution < -0.4 is 10.5 Å². The van der Waals surface area contributed by atoms with E-state index in [-0.39, 0.29) is 30.1 Å². The zero-order valence-electron chi connectivity index (χ0n) is 19.8. The van der Waals surface area contributed by atoms with Gasteiger partial charge in [-0.3, -0.25) is 19.4 Å². The van der Waals surface area contributed by atoms with Gasteiger partial charge in [0.2, 0.25) is 5.91 Å². The molecule has 2 aromatic rings. The van der Waals surface area contributed by atoms with Crippen molar-refractivity contribution in [3.05, 3.63) is 56.9 Å². The highest BCUT2D eigenvalue weighted by Gasteiger charge is 2.49. The molecule has 0 radical (unpaired) electrons. The van der Waals surface area contributed by atoms with Crippen molar-refractivity contribution in [2.24, 2.45) is 12.5 Å². The second kappa shape index (κ2) is 8.32. The molecule has 2 atom stereocenters. The second-order valence-corrected chi connectivity index (χ2v) is 9.74. The summed E-state index contributed by atoms with van der Waals surface area (Å²) < 4.78 is 6.40. The first-order valence-corrected chi connectivity index (χ1v) is 11.8. The zero-order valence-corrected chi connectivity index (χ0v) is 19.8. The lowest BCUT2D eigenvalue weighted by molar-refractivity contribution is -0.128. The van der Waals surface area contributed by atoms with Crippen molar-refractivity contribution in [2.45, 2.75) is 51.9 Å². The Bertz CT molecular complexity index is 1210. The number of carbonyl (C=O) groups excluding carboxylic acids is 2. The van der Waals surface area contributed by atoms with E-state index >= 15 is 0 Å². The minimum absolute atomic E-state index is 0.0747. The van der Waals surface area contributed by atoms with Gasteiger partial charge in [-0.15, -0.1) is 0 Å². The molecular weight excluding hydrogens is 436 g/mol. The van der Waals surface area contributed by atoms with Crippen LogP contribution in [-0.2, 0) is 23.2 Å². The van der Waals surface area contributed by atoms with Gasteiger partial charge in [0.05, 0.1) is 17.1 Å². The predicted octanol–water partition coefficient (Wildman–Crippen LogP) is 1.70. The van der Waals surface area contributed by atoms with Crippen molar-refractivity contribution in [1.29, 1.82) is 0 Å². The number of likely N-dealkylation sites (tertiary alicyclic amines) is 1. The number of rotatable bonds is 4. The number of hydrogen-bond donors (Lipinski definition) is 1. The molecule has 2 saturated heterocycles. The number of cyclic esters (lactones) is 1. The quantitative estimate of drug-likeness (QED) is 0.684. The molecule has 1 spiro atoms. The first kappa shape index (κ1) is 22.7. The maximum absolute atomic E-state index is 13.4. The van der Waals surface area contributed by atoms with Crippen LogP contribution in [0.4, 0.5) is 5.82 Å². The minimum Gasteiger partial charge on any atom is -0.457 e. The molecule has 0 saturated carbocycles. The molecular formula is C25H30N4O5. The summed E-state index contributed by atoms with van der Waals surface area (Å²) in [6, 6.07) is 6.49. The molecule has 1 aromatic carbocycles. The summed E-state index contributed by atoms with van der Waals surface area (Å²) in [7, 11) is 1.58. The molecule has 5 rings (SSSR count). The molecule has 9 nitrogen and oxygen atoms in total. The lowest BCUT2D eigenvalue weighted by Crippen LogP contribution is -2.49. The topological polar surface area (TPSA) is 105 Å². The Hall–Kier alpha value is -3.04. The maximum atomic E-state index is 13.4. The van der Waals surface area contributed by atoms with Gasteiger partial charge in [-0.2, -0.15) is 5.10 Å². The third-order valence-corrected chi connectivity index (χ3v) is 8.05. The molecule has 34 heavy (non-hydrogen) atoms. The van der Waals surface area contributed by atoms with Crippen molar-refractivity contribution >= 4 is 17.7 Å². The van der Waals surface area contributed by atoms with E-state index in [0.29, 0.717) is 31.0 Å². The van der Waals surface area contributed by atoms with Gasteiger partial charge in [0.25, 0.3) is 5.56 Å². The van der Waals surface area contributed by atoms with Crippen LogP contribution in [0.1, 0.15) is 59.3 Å². The Labute approximate surface area is 197 Å². The molecule has 9 heteroatoms. The minimum atomic E-state index is -0.708. The van der Waals surface area contributed by atoms with Gasteiger partial charge in [0.1, 0.15) is 6.61 Å². The number of hydrogen-bond acceptors (Lipinski definition) is 7. The monoisotopic (exact) mass is 466 g/mol. The van der Waals surface area contributed by atoms with Crippen LogP contribution in [0.15, 0.2) is 29.1 Å². The standard InChI is InChI=1S/C25H30N4O5/c1-15-17(4-5-18-19(15)14-34-23(18)32)22(31)16(2)28-11-8-25(9-12-28)10-13-29(24(25)33)20-6-7-21(30)27(3)26-20/h4-7,16,22,31H,8-14H2,1-3H3/t16?,22-/m1/s1. The highest BCUT2D eigenvalue weighted by molar-refractivity contribution is 5.99. The summed E-state index contributed by atoms with van der Waals surface area (Å²) in [5.41, 5.74) is 2.53. The highest BCUT2D eigenvalue weighted by atomic mass is 16.5. The number of anilines is 1. The number of ether oxygens (including phenoxy) is 1. The molecule has 0 aliphatic carbocycles. The van der Waals surface area contributed by atoms with Crippen LogP contribution in [0, 0.1) is 12.3 Å². The first-order chi connectivity index (χ1) is 16.2. The van der Waals surface area contributed by atoms with E-state index < -0.39 is 11.5 Å². The molecule has 1 aromatic heterocycles. The van der Waals surface area contributed by atoms with Gasteiger partial charge in [0, 0.05) is 31.3 Å². The van der Waals surface area contributed by atoms with Crippen LogP contribution >= 0.6 is 0 Å². The third-order valence-electron chi connectivity index (χ3n) is 8.05. The predicted molar refractivity (Wildman–Crippen MR) is 124 cm³/mol. The largest absolute Gasteiger partial charge is 0.457 e. The molecule has 2 fully saturated rings. The number of amides is 1. The average Bonchev–Trinajstić information content (AvgIpc) is 3.36. The fourth-order valence-electron chi connectivity index (χ4n) is 5.64. The summed E-state index contributed by atoms with van der Waals surface area (Å²) in [4.78, 5) is 40.8. The Morgan fingerprint density at radius 1 is 1.06 bits per heavy atom. The smallest absolute Gasteiger partial charge is 0.338 e. The number of aliphatic hydroxyl groups is 1. The molecule has 180 valence electrons. The van der Waals surface area contributed by atoms with Crippen LogP contribution in [0.25, 0.3) is 0 Å². The summed E-state index contributed by atoms with van der Waals surface area (Å²) in [5, 5.41) is 15.4. The molecule has 1 unspecified atom stereocenters. The van der Waals surface area contributed by atoms with Crippen molar-refractivity contribution in [3.8, 4) is 0 Å².